The molecule has 0 aliphatic carbocycles. The molecule has 0 bridgehead atoms. The summed E-state index contributed by atoms with van der Waals surface area (Å²) in [5.41, 5.74) is 7.71. The van der Waals surface area contributed by atoms with Crippen molar-refractivity contribution < 1.29 is 19.1 Å². The highest BCUT2D eigenvalue weighted by Gasteiger charge is 2.14. The second-order valence-corrected chi connectivity index (χ2v) is 6.18. The van der Waals surface area contributed by atoms with E-state index in [2.05, 4.69) is 5.32 Å². The lowest BCUT2D eigenvalue weighted by molar-refractivity contribution is -0.146. The number of nitrogens with one attached hydrogen (secondary N) is 1. The van der Waals surface area contributed by atoms with E-state index in [0.717, 1.165) is 11.1 Å². The first kappa shape index (κ1) is 23.5. The predicted octanol–water partition coefficient (Wildman–Crippen LogP) is 3.58. The number of alkyl carbamates (subject to hydrolysis) is 1. The number of rotatable bonds is 10. The maximum Gasteiger partial charge on any atom is 0.407 e. The van der Waals surface area contributed by atoms with Gasteiger partial charge < -0.3 is 20.5 Å². The van der Waals surface area contributed by atoms with Crippen molar-refractivity contribution in [2.45, 2.75) is 38.5 Å². The van der Waals surface area contributed by atoms with Crippen molar-refractivity contribution >= 4 is 24.5 Å². The largest absolute Gasteiger partial charge is 0.460 e. The molecule has 2 rings (SSSR count). The molecule has 0 spiro atoms. The lowest BCUT2D eigenvalue weighted by atomic mass is 10.1. The van der Waals surface area contributed by atoms with Crippen molar-refractivity contribution in [3.8, 4) is 0 Å². The molecule has 28 heavy (non-hydrogen) atoms. The average molecular weight is 407 g/mol. The normalized spacial score (nSPS) is 11.0. The van der Waals surface area contributed by atoms with Crippen LogP contribution >= 0.6 is 12.4 Å². The van der Waals surface area contributed by atoms with Crippen LogP contribution in [0.4, 0.5) is 4.79 Å². The third-order valence-corrected chi connectivity index (χ3v) is 3.95. The minimum Gasteiger partial charge on any atom is -0.460 e. The first-order chi connectivity index (χ1) is 13.1. The second-order valence-electron chi connectivity index (χ2n) is 6.18. The van der Waals surface area contributed by atoms with Crippen LogP contribution in [0.15, 0.2) is 60.7 Å². The minimum atomic E-state index is -0.654. The maximum absolute atomic E-state index is 11.9. The van der Waals surface area contributed by atoms with Gasteiger partial charge in [-0.3, -0.25) is 4.79 Å². The Labute approximate surface area is 171 Å². The summed E-state index contributed by atoms with van der Waals surface area (Å²) in [4.78, 5) is 23.5. The molecule has 0 radical (unpaired) electrons. The van der Waals surface area contributed by atoms with Crippen LogP contribution in [0.25, 0.3) is 0 Å². The fourth-order valence-electron chi connectivity index (χ4n) is 2.41. The van der Waals surface area contributed by atoms with E-state index in [4.69, 9.17) is 15.2 Å². The van der Waals surface area contributed by atoms with Crippen molar-refractivity contribution in [2.75, 3.05) is 6.54 Å². The Bertz CT molecular complexity index is 698. The van der Waals surface area contributed by atoms with Crippen LogP contribution in [-0.4, -0.2) is 24.6 Å². The van der Waals surface area contributed by atoms with Gasteiger partial charge in [-0.05, 0) is 30.4 Å². The van der Waals surface area contributed by atoms with E-state index >= 15 is 0 Å². The fraction of sp³-hybridized carbons (Fsp3) is 0.333. The van der Waals surface area contributed by atoms with E-state index in [1.54, 1.807) is 0 Å². The van der Waals surface area contributed by atoms with E-state index in [1.807, 2.05) is 60.7 Å². The molecule has 0 fully saturated rings. The van der Waals surface area contributed by atoms with Crippen LogP contribution in [-0.2, 0) is 27.5 Å². The third kappa shape index (κ3) is 9.39. The Kier molecular flexibility index (Phi) is 11.4. The summed E-state index contributed by atoms with van der Waals surface area (Å²) in [5.74, 6) is -0.408. The van der Waals surface area contributed by atoms with Gasteiger partial charge in [-0.2, -0.15) is 0 Å². The second kappa shape index (κ2) is 13.6. The van der Waals surface area contributed by atoms with E-state index in [-0.39, 0.29) is 25.6 Å². The van der Waals surface area contributed by atoms with Crippen LogP contribution in [0.2, 0.25) is 0 Å². The molecule has 0 aliphatic heterocycles. The van der Waals surface area contributed by atoms with Crippen molar-refractivity contribution in [1.82, 2.24) is 5.32 Å². The van der Waals surface area contributed by atoms with E-state index in [9.17, 15) is 9.59 Å². The Morgan fingerprint density at radius 2 is 1.39 bits per heavy atom. The predicted molar refractivity (Wildman–Crippen MR) is 110 cm³/mol. The zero-order chi connectivity index (χ0) is 19.3. The number of nitrogens with two attached hydrogens (primary N) is 1. The average Bonchev–Trinajstić information content (AvgIpc) is 2.71. The van der Waals surface area contributed by atoms with E-state index in [1.165, 1.54) is 0 Å². The summed E-state index contributed by atoms with van der Waals surface area (Å²) < 4.78 is 10.3. The molecule has 2 aromatic rings. The molecule has 152 valence electrons. The molecule has 1 atom stereocenters. The zero-order valence-electron chi connectivity index (χ0n) is 15.7. The smallest absolute Gasteiger partial charge is 0.407 e. The molecule has 3 N–H and O–H groups in total. The van der Waals surface area contributed by atoms with Gasteiger partial charge in [-0.15, -0.1) is 12.4 Å². The third-order valence-electron chi connectivity index (χ3n) is 3.95. The molecule has 1 amide bonds. The number of halogens is 1. The number of hydrogen-bond acceptors (Lipinski definition) is 5. The highest BCUT2D eigenvalue weighted by atomic mass is 35.5. The quantitative estimate of drug-likeness (QED) is 0.465. The lowest BCUT2D eigenvalue weighted by Crippen LogP contribution is -2.32. The SMILES string of the molecule is Cl.NC(CCCCNC(=O)OCc1ccccc1)C(=O)OCc1ccccc1. The lowest BCUT2D eigenvalue weighted by Gasteiger charge is -2.12. The number of esters is 1. The molecule has 7 heteroatoms. The van der Waals surface area contributed by atoms with Gasteiger partial charge in [0.15, 0.2) is 0 Å². The van der Waals surface area contributed by atoms with Crippen molar-refractivity contribution in [1.29, 1.82) is 0 Å². The molecule has 1 unspecified atom stereocenters. The number of amides is 1. The molecule has 2 aromatic carbocycles. The Hall–Kier alpha value is -2.57. The van der Waals surface area contributed by atoms with Gasteiger partial charge in [0.05, 0.1) is 0 Å². The Balaban J connectivity index is 0.00000392. The van der Waals surface area contributed by atoms with Crippen molar-refractivity contribution in [3.05, 3.63) is 71.8 Å². The van der Waals surface area contributed by atoms with E-state index in [0.29, 0.717) is 25.8 Å². The molecule has 6 nitrogen and oxygen atoms in total. The van der Waals surface area contributed by atoms with Crippen molar-refractivity contribution in [2.24, 2.45) is 5.73 Å². The standard InChI is InChI=1S/C21H26N2O4.ClH/c22-19(20(24)26-15-17-9-3-1-4-10-17)13-7-8-14-23-21(25)27-16-18-11-5-2-6-12-18;/h1-6,9-12,19H,7-8,13-16,22H2,(H,23,25);1H. The summed E-state index contributed by atoms with van der Waals surface area (Å²) in [6.45, 7) is 0.937. The molecule has 0 saturated carbocycles. The van der Waals surface area contributed by atoms with Crippen LogP contribution in [0.3, 0.4) is 0 Å². The topological polar surface area (TPSA) is 90.6 Å². The van der Waals surface area contributed by atoms with Crippen LogP contribution in [0, 0.1) is 0 Å². The molecular formula is C21H27ClN2O4. The Morgan fingerprint density at radius 1 is 0.857 bits per heavy atom. The highest BCUT2D eigenvalue weighted by Crippen LogP contribution is 2.05. The maximum atomic E-state index is 11.9. The number of unbranched alkanes of at least 4 members (excludes halogenated alkanes) is 1. The van der Waals surface area contributed by atoms with Crippen LogP contribution in [0.1, 0.15) is 30.4 Å². The van der Waals surface area contributed by atoms with Gasteiger partial charge in [0, 0.05) is 6.54 Å². The summed E-state index contributed by atoms with van der Waals surface area (Å²) in [6, 6.07) is 18.3. The first-order valence-corrected chi connectivity index (χ1v) is 9.06. The fourth-order valence-corrected chi connectivity index (χ4v) is 2.41. The van der Waals surface area contributed by atoms with Crippen molar-refractivity contribution in [3.63, 3.8) is 0 Å². The van der Waals surface area contributed by atoms with E-state index < -0.39 is 18.1 Å². The summed E-state index contributed by atoms with van der Waals surface area (Å²) in [5, 5.41) is 2.68. The number of carbonyl (C=O) groups excluding carboxylic acids is 2. The Morgan fingerprint density at radius 3 is 1.96 bits per heavy atom. The zero-order valence-corrected chi connectivity index (χ0v) is 16.5. The molecule has 0 aliphatic rings. The molecular weight excluding hydrogens is 380 g/mol. The van der Waals surface area contributed by atoms with Gasteiger partial charge in [-0.25, -0.2) is 4.79 Å². The molecule has 0 aromatic heterocycles. The van der Waals surface area contributed by atoms with Gasteiger partial charge in [0.1, 0.15) is 19.3 Å². The summed E-state index contributed by atoms with van der Waals surface area (Å²) in [6.07, 6.45) is 1.47. The number of ether oxygens (including phenoxy) is 2. The number of benzene rings is 2. The molecule has 0 saturated heterocycles. The monoisotopic (exact) mass is 406 g/mol. The van der Waals surface area contributed by atoms with Gasteiger partial charge in [0.2, 0.25) is 0 Å². The van der Waals surface area contributed by atoms with Gasteiger partial charge >= 0.3 is 12.1 Å². The van der Waals surface area contributed by atoms with Gasteiger partial charge in [-0.1, -0.05) is 60.7 Å². The van der Waals surface area contributed by atoms with Gasteiger partial charge in [0.25, 0.3) is 0 Å². The summed E-state index contributed by atoms with van der Waals surface area (Å²) in [7, 11) is 0. The number of carbonyl (C=O) groups is 2. The van der Waals surface area contributed by atoms with Crippen LogP contribution < -0.4 is 11.1 Å². The number of hydrogen-bond donors (Lipinski definition) is 2. The van der Waals surface area contributed by atoms with Crippen LogP contribution in [0.5, 0.6) is 0 Å². The highest BCUT2D eigenvalue weighted by molar-refractivity contribution is 5.85. The summed E-state index contributed by atoms with van der Waals surface area (Å²) >= 11 is 0. The minimum absolute atomic E-state index is 0. The molecule has 0 heterocycles. The first-order valence-electron chi connectivity index (χ1n) is 9.06.